The van der Waals surface area contributed by atoms with Crippen molar-refractivity contribution in [3.8, 4) is 0 Å². The van der Waals surface area contributed by atoms with Crippen LogP contribution in [0, 0.1) is 0 Å². The molecule has 0 fully saturated rings. The fraction of sp³-hybridized carbons (Fsp3) is 0.769. The summed E-state index contributed by atoms with van der Waals surface area (Å²) in [7, 11) is 0. The number of carboxylic acids is 1. The Kier molecular flexibility index (Phi) is 17.3. The van der Waals surface area contributed by atoms with Gasteiger partial charge in [-0.3, -0.25) is 4.79 Å². The molecule has 0 saturated heterocycles. The first-order chi connectivity index (χ1) is 15.6. The average Bonchev–Trinajstić information content (AvgIpc) is 2.78. The summed E-state index contributed by atoms with van der Waals surface area (Å²) in [6.45, 7) is 6.62. The quantitative estimate of drug-likeness (QED) is 0.109. The highest BCUT2D eigenvalue weighted by atomic mass is 32.2. The van der Waals surface area contributed by atoms with E-state index in [0.717, 1.165) is 18.5 Å². The fourth-order valence-corrected chi connectivity index (χ4v) is 4.51. The lowest BCUT2D eigenvalue weighted by Gasteiger charge is -2.20. The molecule has 1 aromatic heterocycles. The van der Waals surface area contributed by atoms with Crippen molar-refractivity contribution in [3.63, 3.8) is 0 Å². The predicted octanol–water partition coefficient (Wildman–Crippen LogP) is 7.90. The molecular formula is C26H46N2O3S. The van der Waals surface area contributed by atoms with Gasteiger partial charge in [-0.05, 0) is 31.9 Å². The number of nitrogens with one attached hydrogen (secondary N) is 1. The summed E-state index contributed by atoms with van der Waals surface area (Å²) in [5, 5.41) is 12.7. The van der Waals surface area contributed by atoms with Crippen LogP contribution in [0.1, 0.15) is 111 Å². The van der Waals surface area contributed by atoms with Gasteiger partial charge in [-0.15, -0.1) is 0 Å². The molecule has 0 aliphatic heterocycles. The topological polar surface area (TPSA) is 71.5 Å². The van der Waals surface area contributed by atoms with E-state index in [-0.39, 0.29) is 6.10 Å². The smallest absolute Gasteiger partial charge is 0.316 e. The van der Waals surface area contributed by atoms with Gasteiger partial charge in [0.25, 0.3) is 0 Å². The number of anilines is 1. The van der Waals surface area contributed by atoms with Gasteiger partial charge in [0.05, 0.1) is 11.8 Å². The van der Waals surface area contributed by atoms with Crippen molar-refractivity contribution in [2.24, 2.45) is 0 Å². The molecule has 5 nitrogen and oxygen atoms in total. The van der Waals surface area contributed by atoms with Crippen LogP contribution in [-0.2, 0) is 9.53 Å². The second-order valence-corrected chi connectivity index (χ2v) is 10.0. The molecule has 6 heteroatoms. The van der Waals surface area contributed by atoms with Crippen LogP contribution >= 0.6 is 11.8 Å². The van der Waals surface area contributed by atoms with Crippen molar-refractivity contribution in [3.05, 3.63) is 18.3 Å². The molecule has 0 amide bonds. The van der Waals surface area contributed by atoms with E-state index in [1.54, 1.807) is 13.1 Å². The average molecular weight is 467 g/mol. The number of nitrogens with zero attached hydrogens (tertiary/aromatic N) is 1. The normalized spacial score (nSPS) is 13.1. The molecule has 0 aliphatic carbocycles. The van der Waals surface area contributed by atoms with Gasteiger partial charge in [-0.1, -0.05) is 103 Å². The van der Waals surface area contributed by atoms with Crippen molar-refractivity contribution in [1.82, 2.24) is 4.98 Å². The van der Waals surface area contributed by atoms with E-state index in [1.807, 2.05) is 12.1 Å². The zero-order chi connectivity index (χ0) is 23.4. The molecule has 1 aromatic rings. The first-order valence-electron chi connectivity index (χ1n) is 12.8. The lowest BCUT2D eigenvalue weighted by molar-refractivity contribution is -0.136. The SMILES string of the molecule is CCCCCCCCCC(CCCCCCC)OCNc1cccnc1SC(C)C(=O)O. The van der Waals surface area contributed by atoms with E-state index in [1.165, 1.54) is 88.8 Å². The summed E-state index contributed by atoms with van der Waals surface area (Å²) >= 11 is 1.25. The summed E-state index contributed by atoms with van der Waals surface area (Å²) < 4.78 is 6.24. The number of ether oxygens (including phenoxy) is 1. The number of hydrogen-bond donors (Lipinski definition) is 2. The summed E-state index contributed by atoms with van der Waals surface area (Å²) in [6, 6.07) is 3.80. The lowest BCUT2D eigenvalue weighted by atomic mass is 10.0. The zero-order valence-electron chi connectivity index (χ0n) is 20.6. The van der Waals surface area contributed by atoms with Gasteiger partial charge < -0.3 is 15.2 Å². The molecular weight excluding hydrogens is 420 g/mol. The number of hydrogen-bond acceptors (Lipinski definition) is 5. The van der Waals surface area contributed by atoms with Crippen molar-refractivity contribution in [2.45, 2.75) is 127 Å². The van der Waals surface area contributed by atoms with Crippen LogP contribution < -0.4 is 5.32 Å². The van der Waals surface area contributed by atoms with Crippen molar-refractivity contribution < 1.29 is 14.6 Å². The Bertz CT molecular complexity index is 600. The molecule has 0 aliphatic rings. The first kappa shape index (κ1) is 28.8. The fourth-order valence-electron chi connectivity index (χ4n) is 3.69. The largest absolute Gasteiger partial charge is 0.480 e. The predicted molar refractivity (Wildman–Crippen MR) is 137 cm³/mol. The second-order valence-electron chi connectivity index (χ2n) is 8.68. The monoisotopic (exact) mass is 466 g/mol. The van der Waals surface area contributed by atoms with Crippen LogP contribution in [0.5, 0.6) is 0 Å². The van der Waals surface area contributed by atoms with Gasteiger partial charge in [-0.2, -0.15) is 0 Å². The van der Waals surface area contributed by atoms with E-state index >= 15 is 0 Å². The first-order valence-corrected chi connectivity index (χ1v) is 13.7. The summed E-state index contributed by atoms with van der Waals surface area (Å²) in [6.07, 6.45) is 19.9. The molecule has 2 unspecified atom stereocenters. The van der Waals surface area contributed by atoms with Gasteiger partial charge in [-0.25, -0.2) is 4.98 Å². The highest BCUT2D eigenvalue weighted by Gasteiger charge is 2.16. The summed E-state index contributed by atoms with van der Waals surface area (Å²) in [5.41, 5.74) is 0.836. The number of aliphatic carboxylic acids is 1. The molecule has 0 bridgehead atoms. The lowest BCUT2D eigenvalue weighted by Crippen LogP contribution is -2.19. The molecule has 1 rings (SSSR count). The Morgan fingerprint density at radius 2 is 1.56 bits per heavy atom. The molecule has 184 valence electrons. The maximum Gasteiger partial charge on any atom is 0.316 e. The third-order valence-corrected chi connectivity index (χ3v) is 6.85. The van der Waals surface area contributed by atoms with E-state index < -0.39 is 11.2 Å². The van der Waals surface area contributed by atoms with E-state index in [2.05, 4.69) is 24.1 Å². The number of pyridine rings is 1. The highest BCUT2D eigenvalue weighted by Crippen LogP contribution is 2.28. The molecule has 0 aromatic carbocycles. The van der Waals surface area contributed by atoms with Crippen molar-refractivity contribution >= 4 is 23.4 Å². The number of rotatable bonds is 21. The van der Waals surface area contributed by atoms with Crippen LogP contribution in [0.3, 0.4) is 0 Å². The van der Waals surface area contributed by atoms with E-state index in [0.29, 0.717) is 11.8 Å². The molecule has 2 N–H and O–H groups in total. The highest BCUT2D eigenvalue weighted by molar-refractivity contribution is 8.00. The number of carbonyl (C=O) groups is 1. The number of unbranched alkanes of at least 4 members (excludes halogenated alkanes) is 10. The third-order valence-electron chi connectivity index (χ3n) is 5.75. The van der Waals surface area contributed by atoms with Gasteiger partial charge >= 0.3 is 5.97 Å². The molecule has 0 saturated carbocycles. The van der Waals surface area contributed by atoms with Crippen molar-refractivity contribution in [2.75, 3.05) is 12.0 Å². The van der Waals surface area contributed by atoms with Crippen LogP contribution in [0.4, 0.5) is 5.69 Å². The van der Waals surface area contributed by atoms with Crippen LogP contribution in [-0.4, -0.2) is 34.1 Å². The summed E-state index contributed by atoms with van der Waals surface area (Å²) in [5.74, 6) is -0.833. The Balaban J connectivity index is 2.46. The van der Waals surface area contributed by atoms with Crippen molar-refractivity contribution in [1.29, 1.82) is 0 Å². The minimum Gasteiger partial charge on any atom is -0.480 e. The Morgan fingerprint density at radius 3 is 2.12 bits per heavy atom. The zero-order valence-corrected chi connectivity index (χ0v) is 21.4. The Hall–Kier alpha value is -1.27. The molecule has 2 atom stereocenters. The minimum absolute atomic E-state index is 0.283. The second kappa shape index (κ2) is 19.2. The Labute approximate surface area is 200 Å². The molecule has 0 spiro atoms. The molecule has 32 heavy (non-hydrogen) atoms. The molecule has 0 radical (unpaired) electrons. The van der Waals surface area contributed by atoms with Gasteiger partial charge in [0, 0.05) is 6.20 Å². The third kappa shape index (κ3) is 14.0. The minimum atomic E-state index is -0.833. The van der Waals surface area contributed by atoms with Gasteiger partial charge in [0.1, 0.15) is 17.0 Å². The van der Waals surface area contributed by atoms with Crippen LogP contribution in [0.25, 0.3) is 0 Å². The van der Waals surface area contributed by atoms with Gasteiger partial charge in [0.15, 0.2) is 0 Å². The number of aromatic nitrogens is 1. The van der Waals surface area contributed by atoms with Gasteiger partial charge in [0.2, 0.25) is 0 Å². The van der Waals surface area contributed by atoms with Crippen LogP contribution in [0.2, 0.25) is 0 Å². The maximum atomic E-state index is 11.2. The van der Waals surface area contributed by atoms with Crippen LogP contribution in [0.15, 0.2) is 23.4 Å². The van der Waals surface area contributed by atoms with E-state index in [9.17, 15) is 9.90 Å². The number of thioether (sulfide) groups is 1. The maximum absolute atomic E-state index is 11.2. The molecule has 1 heterocycles. The summed E-state index contributed by atoms with van der Waals surface area (Å²) in [4.78, 5) is 15.5. The van der Waals surface area contributed by atoms with E-state index in [4.69, 9.17) is 4.74 Å². The Morgan fingerprint density at radius 1 is 1.00 bits per heavy atom. The number of carboxylic acid groups (broad SMARTS) is 1. The standard InChI is InChI=1S/C26H46N2O3S/c1-4-6-8-10-11-13-15-18-23(17-14-12-9-7-5-2)31-21-28-24-19-16-20-27-25(24)32-22(3)26(29)30/h16,19-20,22-23,28H,4-15,17-18,21H2,1-3H3,(H,29,30).